The van der Waals surface area contributed by atoms with E-state index in [9.17, 15) is 0 Å². The van der Waals surface area contributed by atoms with E-state index in [1.807, 2.05) is 26.0 Å². The Balaban J connectivity index is 2.04. The summed E-state index contributed by atoms with van der Waals surface area (Å²) in [5.41, 5.74) is 2.78. The molecule has 22 heavy (non-hydrogen) atoms. The van der Waals surface area contributed by atoms with Gasteiger partial charge in [-0.1, -0.05) is 0 Å². The Hall–Kier alpha value is -2.48. The molecule has 3 aromatic rings. The van der Waals surface area contributed by atoms with Crippen LogP contribution in [0.15, 0.2) is 34.7 Å². The molecular formula is C14H15N7S. The normalized spacial score (nSPS) is 10.9. The van der Waals surface area contributed by atoms with E-state index in [1.165, 1.54) is 16.4 Å². The van der Waals surface area contributed by atoms with Gasteiger partial charge in [0.15, 0.2) is 5.82 Å². The Labute approximate surface area is 132 Å². The highest BCUT2D eigenvalue weighted by atomic mass is 32.2. The number of pyridine rings is 1. The molecule has 2 N–H and O–H groups in total. The first-order valence-corrected chi connectivity index (χ1v) is 7.48. The summed E-state index contributed by atoms with van der Waals surface area (Å²) in [6.45, 7) is 5.74. The van der Waals surface area contributed by atoms with Crippen molar-refractivity contribution in [1.82, 2.24) is 29.8 Å². The summed E-state index contributed by atoms with van der Waals surface area (Å²) >= 11 is 1.38. The molecular weight excluding hydrogens is 298 g/mol. The average molecular weight is 313 g/mol. The molecule has 0 fully saturated rings. The third-order valence-electron chi connectivity index (χ3n) is 3.29. The first-order valence-electron chi connectivity index (χ1n) is 6.67. The molecule has 0 saturated carbocycles. The Morgan fingerprint density at radius 2 is 1.95 bits per heavy atom. The van der Waals surface area contributed by atoms with Crippen LogP contribution >= 0.6 is 11.8 Å². The highest BCUT2D eigenvalue weighted by Gasteiger charge is 2.15. The molecule has 0 amide bonds. The lowest BCUT2D eigenvalue weighted by Gasteiger charge is -2.09. The summed E-state index contributed by atoms with van der Waals surface area (Å²) in [4.78, 5) is 13.3. The monoisotopic (exact) mass is 313 g/mol. The number of nitrogens with zero attached hydrogens (tertiary/aromatic N) is 6. The molecule has 7 nitrogen and oxygen atoms in total. The molecule has 3 aromatic heterocycles. The number of aryl methyl sites for hydroxylation is 2. The lowest BCUT2D eigenvalue weighted by atomic mass is 10.2. The van der Waals surface area contributed by atoms with Crippen molar-refractivity contribution in [3.63, 3.8) is 0 Å². The summed E-state index contributed by atoms with van der Waals surface area (Å²) in [5.74, 6) is 7.19. The van der Waals surface area contributed by atoms with E-state index in [0.29, 0.717) is 16.8 Å². The summed E-state index contributed by atoms with van der Waals surface area (Å²) in [7, 11) is 0. The maximum atomic E-state index is 5.91. The molecule has 0 aliphatic carbocycles. The van der Waals surface area contributed by atoms with Gasteiger partial charge in [-0.15, -0.1) is 10.2 Å². The van der Waals surface area contributed by atoms with Crippen LogP contribution in [0.4, 0.5) is 0 Å². The first kappa shape index (κ1) is 14.5. The lowest BCUT2D eigenvalue weighted by molar-refractivity contribution is 0.821. The van der Waals surface area contributed by atoms with Gasteiger partial charge in [-0.3, -0.25) is 4.98 Å². The number of aromatic nitrogens is 6. The molecule has 3 heterocycles. The van der Waals surface area contributed by atoms with Crippen molar-refractivity contribution in [2.24, 2.45) is 0 Å². The van der Waals surface area contributed by atoms with Crippen LogP contribution in [0.2, 0.25) is 0 Å². The molecule has 8 heteroatoms. The van der Waals surface area contributed by atoms with Crippen molar-refractivity contribution >= 4 is 11.8 Å². The van der Waals surface area contributed by atoms with E-state index in [1.54, 1.807) is 19.3 Å². The van der Waals surface area contributed by atoms with Crippen LogP contribution in [-0.4, -0.2) is 29.8 Å². The number of nitrogens with two attached hydrogens (primary N) is 1. The Morgan fingerprint density at radius 1 is 1.14 bits per heavy atom. The third-order valence-corrected chi connectivity index (χ3v) is 4.34. The fourth-order valence-corrected chi connectivity index (χ4v) is 2.75. The van der Waals surface area contributed by atoms with Crippen molar-refractivity contribution in [2.75, 3.05) is 5.84 Å². The Morgan fingerprint density at radius 3 is 2.59 bits per heavy atom. The summed E-state index contributed by atoms with van der Waals surface area (Å²) in [6.07, 6.45) is 3.47. The molecule has 0 spiro atoms. The van der Waals surface area contributed by atoms with Crippen LogP contribution in [0.25, 0.3) is 11.4 Å². The second-order valence-corrected chi connectivity index (χ2v) is 5.76. The zero-order valence-corrected chi connectivity index (χ0v) is 13.3. The molecule has 112 valence electrons. The predicted octanol–water partition coefficient (Wildman–Crippen LogP) is 1.92. The smallest absolute Gasteiger partial charge is 0.216 e. The molecule has 0 bridgehead atoms. The molecule has 0 unspecified atom stereocenters. The van der Waals surface area contributed by atoms with Gasteiger partial charge in [-0.2, -0.15) is 0 Å². The van der Waals surface area contributed by atoms with E-state index < -0.39 is 0 Å². The number of rotatable bonds is 3. The number of hydrogen-bond acceptors (Lipinski definition) is 7. The van der Waals surface area contributed by atoms with Crippen molar-refractivity contribution in [1.29, 1.82) is 0 Å². The molecule has 0 aromatic carbocycles. The molecule has 0 aliphatic rings. The standard InChI is InChI=1S/C14H15N7S/c1-8-9(2)17-12(11-5-4-6-16-7-11)18-13(8)22-14-20-19-10(3)21(14)15/h4-7H,15H2,1-3H3. The van der Waals surface area contributed by atoms with Gasteiger partial charge < -0.3 is 5.84 Å². The average Bonchev–Trinajstić information content (AvgIpc) is 2.84. The lowest BCUT2D eigenvalue weighted by Crippen LogP contribution is -2.11. The van der Waals surface area contributed by atoms with Crippen LogP contribution in [0.3, 0.4) is 0 Å². The highest BCUT2D eigenvalue weighted by Crippen LogP contribution is 2.29. The highest BCUT2D eigenvalue weighted by molar-refractivity contribution is 7.99. The van der Waals surface area contributed by atoms with Crippen molar-refractivity contribution in [3.05, 3.63) is 41.6 Å². The zero-order valence-electron chi connectivity index (χ0n) is 12.5. The van der Waals surface area contributed by atoms with Gasteiger partial charge in [0.05, 0.1) is 0 Å². The maximum absolute atomic E-state index is 5.91. The number of hydrogen-bond donors (Lipinski definition) is 1. The minimum absolute atomic E-state index is 0.593. The molecule has 3 rings (SSSR count). The van der Waals surface area contributed by atoms with Gasteiger partial charge >= 0.3 is 0 Å². The minimum atomic E-state index is 0.593. The van der Waals surface area contributed by atoms with E-state index in [0.717, 1.165) is 21.8 Å². The van der Waals surface area contributed by atoms with Gasteiger partial charge in [-0.05, 0) is 44.7 Å². The van der Waals surface area contributed by atoms with Gasteiger partial charge in [0, 0.05) is 29.2 Å². The van der Waals surface area contributed by atoms with Crippen LogP contribution in [-0.2, 0) is 0 Å². The van der Waals surface area contributed by atoms with Gasteiger partial charge in [-0.25, -0.2) is 14.6 Å². The largest absolute Gasteiger partial charge is 0.336 e. The number of nitrogen functional groups attached to an aromatic ring is 1. The van der Waals surface area contributed by atoms with Crippen molar-refractivity contribution in [2.45, 2.75) is 31.0 Å². The third kappa shape index (κ3) is 2.64. The summed E-state index contributed by atoms with van der Waals surface area (Å²) < 4.78 is 1.45. The molecule has 0 saturated heterocycles. The topological polar surface area (TPSA) is 95.4 Å². The predicted molar refractivity (Wildman–Crippen MR) is 83.8 cm³/mol. The van der Waals surface area contributed by atoms with Gasteiger partial charge in [0.1, 0.15) is 10.9 Å². The maximum Gasteiger partial charge on any atom is 0.216 e. The second-order valence-electron chi connectivity index (χ2n) is 4.81. The van der Waals surface area contributed by atoms with E-state index >= 15 is 0 Å². The quantitative estimate of drug-likeness (QED) is 0.583. The SMILES string of the molecule is Cc1nc(-c2cccnc2)nc(Sc2nnc(C)n2N)c1C. The van der Waals surface area contributed by atoms with Gasteiger partial charge in [0.2, 0.25) is 5.16 Å². The van der Waals surface area contributed by atoms with E-state index in [-0.39, 0.29) is 0 Å². The Bertz CT molecular complexity index is 814. The second kappa shape index (κ2) is 5.72. The first-order chi connectivity index (χ1) is 10.6. The van der Waals surface area contributed by atoms with Gasteiger partial charge in [0.25, 0.3) is 0 Å². The fraction of sp³-hybridized carbons (Fsp3) is 0.214. The van der Waals surface area contributed by atoms with Crippen molar-refractivity contribution < 1.29 is 0 Å². The van der Waals surface area contributed by atoms with E-state index in [4.69, 9.17) is 5.84 Å². The Kier molecular flexibility index (Phi) is 3.76. The minimum Gasteiger partial charge on any atom is -0.336 e. The van der Waals surface area contributed by atoms with E-state index in [2.05, 4.69) is 25.1 Å². The van der Waals surface area contributed by atoms with Crippen LogP contribution in [0, 0.1) is 20.8 Å². The molecule has 0 aliphatic heterocycles. The van der Waals surface area contributed by atoms with Crippen LogP contribution in [0.1, 0.15) is 17.1 Å². The van der Waals surface area contributed by atoms with Crippen LogP contribution < -0.4 is 5.84 Å². The van der Waals surface area contributed by atoms with Crippen molar-refractivity contribution in [3.8, 4) is 11.4 Å². The fourth-order valence-electron chi connectivity index (χ4n) is 1.83. The summed E-state index contributed by atoms with van der Waals surface area (Å²) in [5, 5.41) is 9.42. The summed E-state index contributed by atoms with van der Waals surface area (Å²) in [6, 6.07) is 3.79. The van der Waals surface area contributed by atoms with Crippen LogP contribution in [0.5, 0.6) is 0 Å². The molecule has 0 radical (unpaired) electrons. The zero-order chi connectivity index (χ0) is 15.7. The molecule has 0 atom stereocenters.